The van der Waals surface area contributed by atoms with Gasteiger partial charge < -0.3 is 10.5 Å². The molecule has 1 saturated carbocycles. The lowest BCUT2D eigenvalue weighted by molar-refractivity contribution is 0.141. The minimum Gasteiger partial charge on any atom is -0.487 e. The molecule has 16 heavy (non-hydrogen) atoms. The monoisotopic (exact) mass is 243 g/mol. The normalized spacial score (nSPS) is 25.4. The highest BCUT2D eigenvalue weighted by Gasteiger charge is 2.21. The topological polar surface area (TPSA) is 35.2 Å². The number of rotatable bonds is 2. The molecular weight excluding hydrogens is 229 g/mol. The van der Waals surface area contributed by atoms with Crippen molar-refractivity contribution >= 4 is 11.6 Å². The lowest BCUT2D eigenvalue weighted by atomic mass is 9.94. The first kappa shape index (κ1) is 11.7. The van der Waals surface area contributed by atoms with E-state index in [0.29, 0.717) is 0 Å². The molecule has 1 aliphatic rings. The molecule has 0 radical (unpaired) electrons. The largest absolute Gasteiger partial charge is 0.487 e. The molecule has 0 aromatic heterocycles. The van der Waals surface area contributed by atoms with E-state index >= 15 is 0 Å². The second-order valence-corrected chi connectivity index (χ2v) is 4.61. The Morgan fingerprint density at radius 3 is 2.62 bits per heavy atom. The molecule has 1 aromatic rings. The molecule has 2 N–H and O–H groups in total. The van der Waals surface area contributed by atoms with E-state index in [4.69, 9.17) is 22.1 Å². The van der Waals surface area contributed by atoms with Crippen LogP contribution < -0.4 is 10.5 Å². The summed E-state index contributed by atoms with van der Waals surface area (Å²) in [5.41, 5.74) is 5.79. The van der Waals surface area contributed by atoms with Crippen LogP contribution in [0, 0.1) is 5.82 Å². The maximum Gasteiger partial charge on any atom is 0.183 e. The highest BCUT2D eigenvalue weighted by Crippen LogP contribution is 2.28. The fourth-order valence-electron chi connectivity index (χ4n) is 1.96. The molecule has 2 rings (SSSR count). The summed E-state index contributed by atoms with van der Waals surface area (Å²) in [7, 11) is 0. The summed E-state index contributed by atoms with van der Waals surface area (Å²) in [5.74, 6) is -0.230. The lowest BCUT2D eigenvalue weighted by Crippen LogP contribution is -2.31. The molecule has 0 heterocycles. The molecular formula is C12H15ClFNO. The van der Waals surface area contributed by atoms with Gasteiger partial charge in [-0.25, -0.2) is 4.39 Å². The fraction of sp³-hybridized carbons (Fsp3) is 0.500. The van der Waals surface area contributed by atoms with Crippen LogP contribution in [0.25, 0.3) is 0 Å². The maximum atomic E-state index is 13.6. The molecule has 0 bridgehead atoms. The second-order valence-electron chi connectivity index (χ2n) is 4.21. The fourth-order valence-corrected chi connectivity index (χ4v) is 2.13. The van der Waals surface area contributed by atoms with Crippen LogP contribution in [0.3, 0.4) is 0 Å². The zero-order valence-corrected chi connectivity index (χ0v) is 9.71. The Balaban J connectivity index is 2.01. The Bertz CT molecular complexity index is 364. The Labute approximate surface area is 99.5 Å². The Kier molecular flexibility index (Phi) is 3.66. The average Bonchev–Trinajstić information content (AvgIpc) is 2.28. The van der Waals surface area contributed by atoms with Gasteiger partial charge in [-0.3, -0.25) is 0 Å². The van der Waals surface area contributed by atoms with E-state index in [1.54, 1.807) is 12.1 Å². The molecule has 0 saturated heterocycles. The number of benzene rings is 1. The van der Waals surface area contributed by atoms with Crippen LogP contribution in [0.5, 0.6) is 5.75 Å². The molecule has 0 unspecified atom stereocenters. The standard InChI is InChI=1S/C12H15ClFNO/c13-10-2-1-3-11(12(10)14)16-9-6-4-8(15)5-7-9/h1-3,8-9H,4-7,15H2. The first-order valence-electron chi connectivity index (χ1n) is 5.53. The number of hydrogen-bond acceptors (Lipinski definition) is 2. The molecule has 1 aliphatic carbocycles. The van der Waals surface area contributed by atoms with Crippen LogP contribution >= 0.6 is 11.6 Å². The van der Waals surface area contributed by atoms with Gasteiger partial charge in [-0.05, 0) is 37.8 Å². The van der Waals surface area contributed by atoms with E-state index in [2.05, 4.69) is 0 Å². The van der Waals surface area contributed by atoms with Gasteiger partial charge in [0, 0.05) is 6.04 Å². The van der Waals surface area contributed by atoms with Crippen molar-refractivity contribution in [1.82, 2.24) is 0 Å². The van der Waals surface area contributed by atoms with E-state index < -0.39 is 5.82 Å². The van der Waals surface area contributed by atoms with Gasteiger partial charge >= 0.3 is 0 Å². The third kappa shape index (κ3) is 2.66. The summed E-state index contributed by atoms with van der Waals surface area (Å²) >= 11 is 5.68. The van der Waals surface area contributed by atoms with Gasteiger partial charge in [0.25, 0.3) is 0 Å². The quantitative estimate of drug-likeness (QED) is 0.866. The van der Waals surface area contributed by atoms with E-state index in [1.165, 1.54) is 6.07 Å². The molecule has 0 amide bonds. The highest BCUT2D eigenvalue weighted by molar-refractivity contribution is 6.30. The summed E-state index contributed by atoms with van der Waals surface area (Å²) in [6.07, 6.45) is 3.70. The molecule has 0 atom stereocenters. The smallest absolute Gasteiger partial charge is 0.183 e. The van der Waals surface area contributed by atoms with Crippen LogP contribution in [0.4, 0.5) is 4.39 Å². The molecule has 4 heteroatoms. The first-order chi connectivity index (χ1) is 7.66. The van der Waals surface area contributed by atoms with Crippen molar-refractivity contribution in [1.29, 1.82) is 0 Å². The van der Waals surface area contributed by atoms with Gasteiger partial charge in [0.15, 0.2) is 11.6 Å². The SMILES string of the molecule is NC1CCC(Oc2cccc(Cl)c2F)CC1. The maximum absolute atomic E-state index is 13.6. The van der Waals surface area contributed by atoms with Gasteiger partial charge in [0.1, 0.15) is 0 Å². The van der Waals surface area contributed by atoms with Crippen molar-refractivity contribution in [2.75, 3.05) is 0 Å². The van der Waals surface area contributed by atoms with Gasteiger partial charge in [0.2, 0.25) is 0 Å². The summed E-state index contributed by atoms with van der Waals surface area (Å²) in [5, 5.41) is 0.102. The van der Waals surface area contributed by atoms with E-state index in [9.17, 15) is 4.39 Å². The van der Waals surface area contributed by atoms with E-state index in [1.807, 2.05) is 0 Å². The predicted molar refractivity (Wildman–Crippen MR) is 62.3 cm³/mol. The first-order valence-corrected chi connectivity index (χ1v) is 5.91. The highest BCUT2D eigenvalue weighted by atomic mass is 35.5. The average molecular weight is 244 g/mol. The molecule has 0 aliphatic heterocycles. The third-order valence-corrected chi connectivity index (χ3v) is 3.22. The zero-order valence-electron chi connectivity index (χ0n) is 8.96. The predicted octanol–water partition coefficient (Wildman–Crippen LogP) is 3.13. The van der Waals surface area contributed by atoms with Gasteiger partial charge in [0.05, 0.1) is 11.1 Å². The van der Waals surface area contributed by atoms with Gasteiger partial charge in [-0.1, -0.05) is 17.7 Å². The molecule has 2 nitrogen and oxygen atoms in total. The summed E-state index contributed by atoms with van der Waals surface area (Å²) in [6, 6.07) is 5.08. The number of nitrogens with two attached hydrogens (primary N) is 1. The van der Waals surface area contributed by atoms with Crippen LogP contribution in [-0.4, -0.2) is 12.1 Å². The minimum atomic E-state index is -0.473. The van der Waals surface area contributed by atoms with Crippen LogP contribution in [0.2, 0.25) is 5.02 Å². The summed E-state index contributed by atoms with van der Waals surface area (Å²) in [4.78, 5) is 0. The summed E-state index contributed by atoms with van der Waals surface area (Å²) in [6.45, 7) is 0. The molecule has 88 valence electrons. The van der Waals surface area contributed by atoms with Crippen molar-refractivity contribution in [3.05, 3.63) is 29.0 Å². The number of hydrogen-bond donors (Lipinski definition) is 1. The van der Waals surface area contributed by atoms with Crippen LogP contribution in [-0.2, 0) is 0 Å². The van der Waals surface area contributed by atoms with Crippen LogP contribution in [0.1, 0.15) is 25.7 Å². The van der Waals surface area contributed by atoms with Crippen molar-refractivity contribution in [2.45, 2.75) is 37.8 Å². The molecule has 1 fully saturated rings. The van der Waals surface area contributed by atoms with Crippen molar-refractivity contribution in [2.24, 2.45) is 5.73 Å². The van der Waals surface area contributed by atoms with E-state index in [0.717, 1.165) is 25.7 Å². The third-order valence-electron chi connectivity index (χ3n) is 2.93. The minimum absolute atomic E-state index is 0.0627. The van der Waals surface area contributed by atoms with Crippen LogP contribution in [0.15, 0.2) is 18.2 Å². The van der Waals surface area contributed by atoms with E-state index in [-0.39, 0.29) is 22.9 Å². The number of ether oxygens (including phenoxy) is 1. The lowest BCUT2D eigenvalue weighted by Gasteiger charge is -2.26. The number of halogens is 2. The zero-order chi connectivity index (χ0) is 11.5. The van der Waals surface area contributed by atoms with Gasteiger partial charge in [-0.15, -0.1) is 0 Å². The Hall–Kier alpha value is -0.800. The van der Waals surface area contributed by atoms with Crippen molar-refractivity contribution in [3.8, 4) is 5.75 Å². The van der Waals surface area contributed by atoms with Crippen molar-refractivity contribution in [3.63, 3.8) is 0 Å². The molecule has 1 aromatic carbocycles. The van der Waals surface area contributed by atoms with Gasteiger partial charge in [-0.2, -0.15) is 0 Å². The Morgan fingerprint density at radius 1 is 1.25 bits per heavy atom. The Morgan fingerprint density at radius 2 is 1.94 bits per heavy atom. The summed E-state index contributed by atoms with van der Waals surface area (Å²) < 4.78 is 19.2. The second kappa shape index (κ2) is 5.02. The molecule has 0 spiro atoms. The van der Waals surface area contributed by atoms with Crippen molar-refractivity contribution < 1.29 is 9.13 Å².